The summed E-state index contributed by atoms with van der Waals surface area (Å²) in [6.07, 6.45) is 12.8. The molecule has 37 heavy (non-hydrogen) atoms. The minimum atomic E-state index is -0.169. The third kappa shape index (κ3) is 11.3. The largest absolute Gasteiger partial charge is 0.492 e. The van der Waals surface area contributed by atoms with E-state index < -0.39 is 0 Å². The van der Waals surface area contributed by atoms with Crippen LogP contribution in [0.5, 0.6) is 5.75 Å². The van der Waals surface area contributed by atoms with E-state index in [2.05, 4.69) is 41.6 Å². The van der Waals surface area contributed by atoms with E-state index in [0.29, 0.717) is 22.9 Å². The number of nitrogens with zero attached hydrogens (tertiary/aromatic N) is 1. The van der Waals surface area contributed by atoms with Gasteiger partial charge in [0.25, 0.3) is 5.91 Å². The summed E-state index contributed by atoms with van der Waals surface area (Å²) in [7, 11) is 0. The monoisotopic (exact) mass is 608 g/mol. The highest BCUT2D eigenvalue weighted by atomic mass is 79.9. The lowest BCUT2D eigenvalue weighted by Crippen LogP contribution is -2.17. The highest BCUT2D eigenvalue weighted by Gasteiger charge is 2.13. The predicted molar refractivity (Wildman–Crippen MR) is 165 cm³/mol. The van der Waals surface area contributed by atoms with Crippen LogP contribution in [0.25, 0.3) is 0 Å². The zero-order valence-corrected chi connectivity index (χ0v) is 25.6. The molecule has 2 aromatic rings. The molecule has 7 heteroatoms. The zero-order chi connectivity index (χ0) is 25.6. The van der Waals surface area contributed by atoms with Gasteiger partial charge in [-0.15, -0.1) is 28.7 Å². The number of allylic oxidation sites excluding steroid dienone is 1. The number of hydrogen-bond donors (Lipinski definition) is 1. The first-order valence-corrected chi connectivity index (χ1v) is 14.9. The van der Waals surface area contributed by atoms with E-state index in [1.54, 1.807) is 18.2 Å². The van der Waals surface area contributed by atoms with Gasteiger partial charge in [0, 0.05) is 23.5 Å². The molecule has 0 saturated heterocycles. The van der Waals surface area contributed by atoms with E-state index >= 15 is 0 Å². The molecular weight excluding hydrogens is 568 g/mol. The number of carbonyl (C=O) groups is 1. The van der Waals surface area contributed by atoms with Crippen LogP contribution in [0.15, 0.2) is 53.6 Å². The molecule has 0 aromatic heterocycles. The lowest BCUT2D eigenvalue weighted by molar-refractivity contribution is 0.102. The second-order valence-corrected chi connectivity index (χ2v) is 10.8. The van der Waals surface area contributed by atoms with Gasteiger partial charge < -0.3 is 15.0 Å². The van der Waals surface area contributed by atoms with Gasteiger partial charge in [0.05, 0.1) is 17.5 Å². The van der Waals surface area contributed by atoms with E-state index in [1.807, 2.05) is 23.9 Å². The molecule has 0 atom stereocenters. The first kappa shape index (κ1) is 31.6. The van der Waals surface area contributed by atoms with Crippen molar-refractivity contribution in [2.24, 2.45) is 0 Å². The Morgan fingerprint density at radius 2 is 1.62 bits per heavy atom. The number of amides is 1. The number of ether oxygens (including phenoxy) is 1. The van der Waals surface area contributed by atoms with Crippen LogP contribution < -0.4 is 10.1 Å². The van der Waals surface area contributed by atoms with Gasteiger partial charge in [-0.05, 0) is 54.6 Å². The van der Waals surface area contributed by atoms with Crippen LogP contribution in [0.4, 0.5) is 5.69 Å². The van der Waals surface area contributed by atoms with Crippen LogP contribution in [0, 0.1) is 0 Å². The van der Waals surface area contributed by atoms with Gasteiger partial charge in [-0.25, -0.2) is 0 Å². The maximum Gasteiger partial charge on any atom is 0.255 e. The van der Waals surface area contributed by atoms with Crippen molar-refractivity contribution in [3.05, 3.63) is 69.7 Å². The number of nitrogens with one attached hydrogen (secondary N) is 1. The molecule has 0 spiro atoms. The van der Waals surface area contributed by atoms with E-state index in [-0.39, 0.29) is 22.9 Å². The third-order valence-electron chi connectivity index (χ3n) is 6.52. The van der Waals surface area contributed by atoms with Gasteiger partial charge in [-0.1, -0.05) is 88.4 Å². The van der Waals surface area contributed by atoms with Crippen LogP contribution in [0.3, 0.4) is 0 Å². The molecule has 1 aliphatic heterocycles. The van der Waals surface area contributed by atoms with Gasteiger partial charge in [-0.2, -0.15) is 0 Å². The fourth-order valence-electron chi connectivity index (χ4n) is 4.24. The van der Waals surface area contributed by atoms with Crippen molar-refractivity contribution >= 4 is 51.9 Å². The number of carbonyl (C=O) groups excluding carboxylic acids is 1. The summed E-state index contributed by atoms with van der Waals surface area (Å²) >= 11 is 8.15. The molecule has 1 amide bonds. The van der Waals surface area contributed by atoms with Crippen LogP contribution in [0.2, 0.25) is 5.02 Å². The first-order chi connectivity index (χ1) is 17.6. The third-order valence-corrected chi connectivity index (χ3v) is 7.80. The van der Waals surface area contributed by atoms with Crippen LogP contribution in [-0.4, -0.2) is 23.3 Å². The highest BCUT2D eigenvalue weighted by Crippen LogP contribution is 2.27. The Labute approximate surface area is 243 Å². The van der Waals surface area contributed by atoms with E-state index in [0.717, 1.165) is 31.0 Å². The number of thioether (sulfide) groups is 1. The number of halogens is 2. The van der Waals surface area contributed by atoms with Crippen molar-refractivity contribution in [2.45, 2.75) is 84.6 Å². The maximum atomic E-state index is 12.8. The Balaban J connectivity index is 0.00000481. The molecule has 0 aliphatic carbocycles. The zero-order valence-electron chi connectivity index (χ0n) is 22.3. The average Bonchev–Trinajstić information content (AvgIpc) is 3.28. The maximum absolute atomic E-state index is 12.8. The summed E-state index contributed by atoms with van der Waals surface area (Å²) < 4.78 is 5.91. The Kier molecular flexibility index (Phi) is 15.2. The smallest absolute Gasteiger partial charge is 0.255 e. The van der Waals surface area contributed by atoms with Crippen LogP contribution in [-0.2, 0) is 6.54 Å². The summed E-state index contributed by atoms with van der Waals surface area (Å²) in [5, 5.41) is 5.70. The Morgan fingerprint density at radius 1 is 0.973 bits per heavy atom. The number of unbranched alkanes of at least 4 members (excludes halogenated alkanes) is 9. The Hall–Kier alpha value is -1.63. The minimum Gasteiger partial charge on any atom is -0.492 e. The van der Waals surface area contributed by atoms with Crippen LogP contribution in [0.1, 0.15) is 94.0 Å². The van der Waals surface area contributed by atoms with Gasteiger partial charge in [0.1, 0.15) is 5.75 Å². The Bertz CT molecular complexity index is 984. The van der Waals surface area contributed by atoms with Gasteiger partial charge in [-0.3, -0.25) is 4.79 Å². The molecule has 0 unspecified atom stereocenters. The molecule has 1 N–H and O–H groups in total. The van der Waals surface area contributed by atoms with Crippen molar-refractivity contribution in [2.75, 3.05) is 17.8 Å². The summed E-state index contributed by atoms with van der Waals surface area (Å²) in [4.78, 5) is 15.2. The standard InChI is InChI=1S/C30H41ClN2O2S.BrH/c1-3-4-5-6-7-8-9-10-11-12-19-35-29-20-26(15-18-28(29)31)30(34)32-27-16-13-25(14-17-27)21-33-23-36-22-24(33)2;/h13-18,20,22H,3-12,19,21,23H2,1-2H3,(H,32,34);1H. The van der Waals surface area contributed by atoms with E-state index in [4.69, 9.17) is 16.3 Å². The quantitative estimate of drug-likeness (QED) is 0.192. The van der Waals surface area contributed by atoms with Crippen molar-refractivity contribution in [3.63, 3.8) is 0 Å². The molecule has 2 aromatic carbocycles. The predicted octanol–water partition coefficient (Wildman–Crippen LogP) is 9.84. The molecular formula is C30H42BrClN2O2S. The fraction of sp³-hybridized carbons (Fsp3) is 0.500. The minimum absolute atomic E-state index is 0. The number of rotatable bonds is 16. The van der Waals surface area contributed by atoms with Crippen LogP contribution >= 0.6 is 40.3 Å². The fourth-order valence-corrected chi connectivity index (χ4v) is 5.35. The molecule has 1 aliphatic rings. The highest BCUT2D eigenvalue weighted by molar-refractivity contribution is 8.93. The second kappa shape index (κ2) is 17.8. The molecule has 204 valence electrons. The van der Waals surface area contributed by atoms with Crippen molar-refractivity contribution in [1.29, 1.82) is 0 Å². The summed E-state index contributed by atoms with van der Waals surface area (Å²) in [6.45, 7) is 5.89. The van der Waals surface area contributed by atoms with E-state index in [9.17, 15) is 4.79 Å². The molecule has 1 heterocycles. The summed E-state index contributed by atoms with van der Waals surface area (Å²) in [6, 6.07) is 13.2. The topological polar surface area (TPSA) is 41.6 Å². The first-order valence-electron chi connectivity index (χ1n) is 13.4. The SMILES string of the molecule is Br.CCCCCCCCCCCCOc1cc(C(=O)Nc2ccc(CN3CSC=C3C)cc2)ccc1Cl. The van der Waals surface area contributed by atoms with Gasteiger partial charge >= 0.3 is 0 Å². The van der Waals surface area contributed by atoms with Crippen molar-refractivity contribution < 1.29 is 9.53 Å². The summed E-state index contributed by atoms with van der Waals surface area (Å²) in [5.74, 6) is 1.39. The number of anilines is 1. The van der Waals surface area contributed by atoms with E-state index in [1.165, 1.54) is 62.6 Å². The average molecular weight is 610 g/mol. The molecule has 0 saturated carbocycles. The van der Waals surface area contributed by atoms with Gasteiger partial charge in [0.2, 0.25) is 0 Å². The lowest BCUT2D eigenvalue weighted by Gasteiger charge is -2.19. The number of benzene rings is 2. The van der Waals surface area contributed by atoms with Gasteiger partial charge in [0.15, 0.2) is 0 Å². The molecule has 0 bridgehead atoms. The summed E-state index contributed by atoms with van der Waals surface area (Å²) in [5.41, 5.74) is 3.83. The second-order valence-electron chi connectivity index (χ2n) is 9.58. The van der Waals surface area contributed by atoms with Crippen molar-refractivity contribution in [1.82, 2.24) is 4.90 Å². The molecule has 4 nitrogen and oxygen atoms in total. The molecule has 0 radical (unpaired) electrons. The molecule has 3 rings (SSSR count). The lowest BCUT2D eigenvalue weighted by atomic mass is 10.1. The normalized spacial score (nSPS) is 12.7. The molecule has 0 fully saturated rings. The number of hydrogen-bond acceptors (Lipinski definition) is 4. The Morgan fingerprint density at radius 3 is 2.24 bits per heavy atom. The van der Waals surface area contributed by atoms with Crippen molar-refractivity contribution in [3.8, 4) is 5.75 Å².